The highest BCUT2D eigenvalue weighted by Gasteiger charge is 2.46. The number of hydrogen-bond donors (Lipinski definition) is 2. The Hall–Kier alpha value is -1.88. The molecule has 1 aromatic carbocycles. The summed E-state index contributed by atoms with van der Waals surface area (Å²) in [5.41, 5.74) is 8.27. The zero-order valence-corrected chi connectivity index (χ0v) is 15.4. The lowest BCUT2D eigenvalue weighted by molar-refractivity contribution is 0.130. The van der Waals surface area contributed by atoms with Crippen LogP contribution in [0.5, 0.6) is 5.75 Å². The topological polar surface area (TPSA) is 63.9 Å². The SMILES string of the molecule is COc1ccc(-c2cnc([C@@H](C3CCCCC3)C3(N)CCC3)[nH]2)cc1F. The highest BCUT2D eigenvalue weighted by molar-refractivity contribution is 5.60. The molecule has 1 atom stereocenters. The van der Waals surface area contributed by atoms with Crippen LogP contribution >= 0.6 is 0 Å². The van der Waals surface area contributed by atoms with Crippen molar-refractivity contribution in [2.75, 3.05) is 7.11 Å². The van der Waals surface area contributed by atoms with E-state index < -0.39 is 0 Å². The highest BCUT2D eigenvalue weighted by atomic mass is 19.1. The van der Waals surface area contributed by atoms with Crippen molar-refractivity contribution in [1.29, 1.82) is 0 Å². The zero-order valence-electron chi connectivity index (χ0n) is 15.4. The molecular formula is C21H28FN3O. The molecule has 1 heterocycles. The maximum Gasteiger partial charge on any atom is 0.165 e. The van der Waals surface area contributed by atoms with E-state index in [1.807, 2.05) is 12.3 Å². The van der Waals surface area contributed by atoms with E-state index >= 15 is 0 Å². The molecule has 2 aromatic rings. The zero-order chi connectivity index (χ0) is 18.1. The van der Waals surface area contributed by atoms with E-state index in [1.165, 1.54) is 51.7 Å². The van der Waals surface area contributed by atoms with E-state index in [1.54, 1.807) is 6.07 Å². The Labute approximate surface area is 154 Å². The maximum atomic E-state index is 14.1. The number of methoxy groups -OCH3 is 1. The van der Waals surface area contributed by atoms with Crippen LogP contribution in [-0.2, 0) is 0 Å². The number of nitrogens with one attached hydrogen (secondary N) is 1. The minimum atomic E-state index is -0.362. The number of benzene rings is 1. The van der Waals surface area contributed by atoms with Gasteiger partial charge in [-0.1, -0.05) is 19.3 Å². The van der Waals surface area contributed by atoms with E-state index in [0.29, 0.717) is 5.92 Å². The number of imidazole rings is 1. The number of nitrogens with two attached hydrogens (primary N) is 1. The number of rotatable bonds is 5. The summed E-state index contributed by atoms with van der Waals surface area (Å²) in [5, 5.41) is 0. The molecule has 2 saturated carbocycles. The van der Waals surface area contributed by atoms with Crippen LogP contribution < -0.4 is 10.5 Å². The molecule has 0 amide bonds. The van der Waals surface area contributed by atoms with Crippen LogP contribution in [0.25, 0.3) is 11.3 Å². The Kier molecular flexibility index (Phi) is 4.74. The minimum Gasteiger partial charge on any atom is -0.494 e. The van der Waals surface area contributed by atoms with E-state index in [0.717, 1.165) is 29.9 Å². The van der Waals surface area contributed by atoms with Crippen molar-refractivity contribution in [2.45, 2.75) is 62.8 Å². The van der Waals surface area contributed by atoms with Gasteiger partial charge in [0.1, 0.15) is 5.82 Å². The summed E-state index contributed by atoms with van der Waals surface area (Å²) in [7, 11) is 1.47. The minimum absolute atomic E-state index is 0.137. The van der Waals surface area contributed by atoms with Crippen LogP contribution in [-0.4, -0.2) is 22.6 Å². The van der Waals surface area contributed by atoms with Gasteiger partial charge < -0.3 is 15.5 Å². The lowest BCUT2D eigenvalue weighted by Crippen LogP contribution is -2.54. The first-order valence-corrected chi connectivity index (χ1v) is 9.78. The summed E-state index contributed by atoms with van der Waals surface area (Å²) in [6, 6.07) is 5.00. The number of aromatic amines is 1. The number of aromatic nitrogens is 2. The third-order valence-electron chi connectivity index (χ3n) is 6.38. The fraction of sp³-hybridized carbons (Fsp3) is 0.571. The average Bonchev–Trinajstić information content (AvgIpc) is 3.11. The average molecular weight is 357 g/mol. The van der Waals surface area contributed by atoms with Crippen LogP contribution in [0.4, 0.5) is 4.39 Å². The Morgan fingerprint density at radius 3 is 2.62 bits per heavy atom. The Bertz CT molecular complexity index is 762. The van der Waals surface area contributed by atoms with E-state index in [-0.39, 0.29) is 23.0 Å². The van der Waals surface area contributed by atoms with Gasteiger partial charge in [0.2, 0.25) is 0 Å². The predicted octanol–water partition coefficient (Wildman–Crippen LogP) is 4.77. The highest BCUT2D eigenvalue weighted by Crippen LogP contribution is 2.48. The smallest absolute Gasteiger partial charge is 0.165 e. The van der Waals surface area contributed by atoms with Crippen molar-refractivity contribution >= 4 is 0 Å². The molecule has 1 aromatic heterocycles. The van der Waals surface area contributed by atoms with Crippen molar-refractivity contribution in [3.8, 4) is 17.0 Å². The normalized spacial score (nSPS) is 21.2. The molecular weight excluding hydrogens is 329 g/mol. The number of halogens is 1. The van der Waals surface area contributed by atoms with Gasteiger partial charge in [-0.05, 0) is 56.2 Å². The first kappa shape index (κ1) is 17.5. The molecule has 2 aliphatic rings. The van der Waals surface area contributed by atoms with Crippen molar-refractivity contribution in [2.24, 2.45) is 11.7 Å². The van der Waals surface area contributed by atoms with Crippen LogP contribution in [0.2, 0.25) is 0 Å². The third-order valence-corrected chi connectivity index (χ3v) is 6.38. The molecule has 4 rings (SSSR count). The van der Waals surface area contributed by atoms with E-state index in [4.69, 9.17) is 15.5 Å². The lowest BCUT2D eigenvalue weighted by Gasteiger charge is -2.48. The molecule has 0 radical (unpaired) electrons. The molecule has 26 heavy (non-hydrogen) atoms. The first-order valence-electron chi connectivity index (χ1n) is 9.78. The molecule has 3 N–H and O–H groups in total. The summed E-state index contributed by atoms with van der Waals surface area (Å²) in [6.07, 6.45) is 11.5. The van der Waals surface area contributed by atoms with Gasteiger partial charge in [-0.2, -0.15) is 0 Å². The molecule has 140 valence electrons. The Morgan fingerprint density at radius 1 is 1.23 bits per heavy atom. The van der Waals surface area contributed by atoms with Gasteiger partial charge in [-0.15, -0.1) is 0 Å². The first-order chi connectivity index (χ1) is 12.6. The van der Waals surface area contributed by atoms with Gasteiger partial charge in [0.15, 0.2) is 11.6 Å². The number of H-pyrrole nitrogens is 1. The number of nitrogens with zero attached hydrogens (tertiary/aromatic N) is 1. The summed E-state index contributed by atoms with van der Waals surface area (Å²) >= 11 is 0. The van der Waals surface area contributed by atoms with Crippen LogP contribution in [0.15, 0.2) is 24.4 Å². The van der Waals surface area contributed by atoms with Crippen molar-refractivity contribution in [1.82, 2.24) is 9.97 Å². The van der Waals surface area contributed by atoms with Gasteiger partial charge in [0, 0.05) is 17.0 Å². The summed E-state index contributed by atoms with van der Waals surface area (Å²) in [5.74, 6) is 1.74. The molecule has 0 saturated heterocycles. The standard InChI is InChI=1S/C21H28FN3O/c1-26-18-9-8-15(12-16(18)22)17-13-24-20(25-17)19(21(23)10-5-11-21)14-6-3-2-4-7-14/h8-9,12-14,19H,2-7,10-11,23H2,1H3,(H,24,25)/t19-/m1/s1. The van der Waals surface area contributed by atoms with Gasteiger partial charge in [-0.3, -0.25) is 0 Å². The maximum absolute atomic E-state index is 14.1. The van der Waals surface area contributed by atoms with Gasteiger partial charge in [-0.25, -0.2) is 9.37 Å². The van der Waals surface area contributed by atoms with Crippen LogP contribution in [0.1, 0.15) is 63.1 Å². The number of hydrogen-bond acceptors (Lipinski definition) is 3. The fourth-order valence-electron chi connectivity index (χ4n) is 4.80. The second-order valence-corrected chi connectivity index (χ2v) is 7.99. The predicted molar refractivity (Wildman–Crippen MR) is 101 cm³/mol. The second kappa shape index (κ2) is 7.03. The molecule has 2 fully saturated rings. The third kappa shape index (κ3) is 3.13. The lowest BCUT2D eigenvalue weighted by atomic mass is 9.61. The van der Waals surface area contributed by atoms with Crippen molar-refractivity contribution in [3.05, 3.63) is 36.0 Å². The van der Waals surface area contributed by atoms with Crippen LogP contribution in [0, 0.1) is 11.7 Å². The van der Waals surface area contributed by atoms with Gasteiger partial charge in [0.25, 0.3) is 0 Å². The van der Waals surface area contributed by atoms with Crippen molar-refractivity contribution < 1.29 is 9.13 Å². The molecule has 4 nitrogen and oxygen atoms in total. The molecule has 0 spiro atoms. The summed E-state index contributed by atoms with van der Waals surface area (Å²) in [4.78, 5) is 8.17. The fourth-order valence-corrected chi connectivity index (χ4v) is 4.80. The molecule has 5 heteroatoms. The van der Waals surface area contributed by atoms with E-state index in [2.05, 4.69) is 4.98 Å². The van der Waals surface area contributed by atoms with Gasteiger partial charge >= 0.3 is 0 Å². The monoisotopic (exact) mass is 357 g/mol. The molecule has 0 unspecified atom stereocenters. The van der Waals surface area contributed by atoms with Crippen LogP contribution in [0.3, 0.4) is 0 Å². The summed E-state index contributed by atoms with van der Waals surface area (Å²) < 4.78 is 19.1. The summed E-state index contributed by atoms with van der Waals surface area (Å²) in [6.45, 7) is 0. The second-order valence-electron chi connectivity index (χ2n) is 7.99. The Morgan fingerprint density at radius 2 is 2.00 bits per heavy atom. The van der Waals surface area contributed by atoms with E-state index in [9.17, 15) is 4.39 Å². The molecule has 0 bridgehead atoms. The quantitative estimate of drug-likeness (QED) is 0.810. The number of ether oxygens (including phenoxy) is 1. The van der Waals surface area contributed by atoms with Gasteiger partial charge in [0.05, 0.1) is 19.0 Å². The molecule has 0 aliphatic heterocycles. The largest absolute Gasteiger partial charge is 0.494 e. The Balaban J connectivity index is 1.64. The van der Waals surface area contributed by atoms with Crippen molar-refractivity contribution in [3.63, 3.8) is 0 Å². The molecule has 2 aliphatic carbocycles.